The fraction of sp³-hybridized carbons (Fsp3) is 0.562. The molecular formula is C16H21N2O7+. The summed E-state index contributed by atoms with van der Waals surface area (Å²) in [6.07, 6.45) is -3.41. The molecule has 3 heterocycles. The number of carbonyl (C=O) groups is 2. The van der Waals surface area contributed by atoms with E-state index in [1.165, 1.54) is 4.57 Å². The van der Waals surface area contributed by atoms with Crippen molar-refractivity contribution in [1.29, 1.82) is 0 Å². The summed E-state index contributed by atoms with van der Waals surface area (Å²) < 4.78 is 6.76. The fourth-order valence-electron chi connectivity index (χ4n) is 3.37. The minimum Gasteiger partial charge on any atom is -0.479 e. The minimum atomic E-state index is -1.73. The molecule has 0 saturated carbocycles. The van der Waals surface area contributed by atoms with Crippen LogP contribution in [0.3, 0.4) is 0 Å². The maximum absolute atomic E-state index is 11.7. The van der Waals surface area contributed by atoms with Crippen molar-refractivity contribution in [1.82, 2.24) is 4.90 Å². The lowest BCUT2D eigenvalue weighted by Crippen LogP contribution is -2.63. The monoisotopic (exact) mass is 353 g/mol. The zero-order valence-electron chi connectivity index (χ0n) is 13.6. The molecule has 6 unspecified atom stereocenters. The van der Waals surface area contributed by atoms with Gasteiger partial charge in [0.2, 0.25) is 5.91 Å². The highest BCUT2D eigenvalue weighted by Crippen LogP contribution is 2.31. The molecule has 1 amide bonds. The Kier molecular flexibility index (Phi) is 4.74. The quantitative estimate of drug-likeness (QED) is 0.478. The SMILES string of the molecule is CN1C(=O)CCC1c1ccc[n+](C2OC(C(=O)O)C(O)C(O)C2O)c1. The average Bonchev–Trinajstić information content (AvgIpc) is 2.92. The Hall–Kier alpha value is -2.07. The van der Waals surface area contributed by atoms with Gasteiger partial charge >= 0.3 is 5.97 Å². The summed E-state index contributed by atoms with van der Waals surface area (Å²) in [6.45, 7) is 0. The fourth-order valence-corrected chi connectivity index (χ4v) is 3.37. The molecule has 2 aliphatic heterocycles. The molecule has 0 radical (unpaired) electrons. The Bertz CT molecular complexity index is 682. The summed E-state index contributed by atoms with van der Waals surface area (Å²) >= 11 is 0. The van der Waals surface area contributed by atoms with Gasteiger partial charge in [-0.1, -0.05) is 0 Å². The van der Waals surface area contributed by atoms with E-state index in [0.717, 1.165) is 5.56 Å². The van der Waals surface area contributed by atoms with Crippen LogP contribution in [-0.2, 0) is 14.3 Å². The molecule has 25 heavy (non-hydrogen) atoms. The minimum absolute atomic E-state index is 0.0406. The topological polar surface area (TPSA) is 131 Å². The number of amides is 1. The number of aromatic nitrogens is 1. The van der Waals surface area contributed by atoms with Gasteiger partial charge in [-0.3, -0.25) is 4.79 Å². The standard InChI is InChI=1S/C16H20N2O7/c1-17-9(4-5-10(17)19)8-3-2-6-18(7-8)15-13(22)11(20)12(21)14(25-15)16(23)24/h2-3,6-7,9,11-15,20-22H,4-5H2,1H3/p+1. The molecule has 3 rings (SSSR count). The average molecular weight is 353 g/mol. The largest absolute Gasteiger partial charge is 0.479 e. The van der Waals surface area contributed by atoms with Crippen LogP contribution in [0.15, 0.2) is 24.5 Å². The van der Waals surface area contributed by atoms with E-state index in [-0.39, 0.29) is 11.9 Å². The highest BCUT2D eigenvalue weighted by molar-refractivity contribution is 5.78. The van der Waals surface area contributed by atoms with Crippen LogP contribution in [0.2, 0.25) is 0 Å². The van der Waals surface area contributed by atoms with E-state index in [1.54, 1.807) is 30.4 Å². The Labute approximate surface area is 143 Å². The van der Waals surface area contributed by atoms with E-state index in [0.29, 0.717) is 12.8 Å². The molecule has 9 nitrogen and oxygen atoms in total. The van der Waals surface area contributed by atoms with Crippen LogP contribution in [0.5, 0.6) is 0 Å². The molecule has 2 aliphatic rings. The van der Waals surface area contributed by atoms with Gasteiger partial charge in [0.1, 0.15) is 12.2 Å². The zero-order chi connectivity index (χ0) is 18.3. The third kappa shape index (κ3) is 3.11. The van der Waals surface area contributed by atoms with Crippen LogP contribution >= 0.6 is 0 Å². The number of likely N-dealkylation sites (tertiary alicyclic amines) is 1. The molecular weight excluding hydrogens is 332 g/mol. The highest BCUT2D eigenvalue weighted by Gasteiger charge is 2.51. The number of pyridine rings is 1. The van der Waals surface area contributed by atoms with E-state index >= 15 is 0 Å². The lowest BCUT2D eigenvalue weighted by Gasteiger charge is -2.35. The summed E-state index contributed by atoms with van der Waals surface area (Å²) in [5.74, 6) is -1.39. The molecule has 2 saturated heterocycles. The van der Waals surface area contributed by atoms with Gasteiger partial charge in [0.15, 0.2) is 24.6 Å². The number of nitrogens with zero attached hydrogens (tertiary/aromatic N) is 2. The summed E-state index contributed by atoms with van der Waals surface area (Å²) in [6, 6.07) is 3.40. The van der Waals surface area contributed by atoms with Gasteiger partial charge < -0.3 is 30.1 Å². The number of carboxylic acid groups (broad SMARTS) is 1. The van der Waals surface area contributed by atoms with Crippen molar-refractivity contribution in [3.05, 3.63) is 30.1 Å². The van der Waals surface area contributed by atoms with Crippen LogP contribution in [0, 0.1) is 0 Å². The first-order valence-corrected chi connectivity index (χ1v) is 8.00. The van der Waals surface area contributed by atoms with Crippen LogP contribution in [0.25, 0.3) is 0 Å². The Morgan fingerprint density at radius 1 is 1.28 bits per heavy atom. The number of aliphatic hydroxyl groups excluding tert-OH is 3. The van der Waals surface area contributed by atoms with Crippen LogP contribution in [0.4, 0.5) is 0 Å². The zero-order valence-corrected chi connectivity index (χ0v) is 13.6. The van der Waals surface area contributed by atoms with E-state index in [9.17, 15) is 24.9 Å². The first-order chi connectivity index (χ1) is 11.8. The van der Waals surface area contributed by atoms with Crippen molar-refractivity contribution in [3.63, 3.8) is 0 Å². The van der Waals surface area contributed by atoms with E-state index in [4.69, 9.17) is 9.84 Å². The summed E-state index contributed by atoms with van der Waals surface area (Å²) in [5.41, 5.74) is 0.805. The van der Waals surface area contributed by atoms with Crippen molar-refractivity contribution in [2.45, 2.75) is 49.5 Å². The van der Waals surface area contributed by atoms with Crippen LogP contribution < -0.4 is 4.57 Å². The molecule has 2 fully saturated rings. The smallest absolute Gasteiger partial charge is 0.335 e. The molecule has 6 atom stereocenters. The van der Waals surface area contributed by atoms with Gasteiger partial charge in [-0.05, 0) is 12.5 Å². The first kappa shape index (κ1) is 17.7. The van der Waals surface area contributed by atoms with Gasteiger partial charge in [-0.2, -0.15) is 4.57 Å². The second-order valence-corrected chi connectivity index (χ2v) is 6.40. The second kappa shape index (κ2) is 6.68. The number of aliphatic carboxylic acids is 1. The van der Waals surface area contributed by atoms with Crippen molar-refractivity contribution in [2.75, 3.05) is 7.05 Å². The van der Waals surface area contributed by atoms with Gasteiger partial charge in [0.25, 0.3) is 6.23 Å². The molecule has 0 aromatic carbocycles. The molecule has 136 valence electrons. The number of rotatable bonds is 3. The summed E-state index contributed by atoms with van der Waals surface area (Å²) in [7, 11) is 1.71. The molecule has 0 aliphatic carbocycles. The number of carbonyl (C=O) groups excluding carboxylic acids is 1. The maximum Gasteiger partial charge on any atom is 0.335 e. The highest BCUT2D eigenvalue weighted by atomic mass is 16.6. The van der Waals surface area contributed by atoms with Crippen molar-refractivity contribution in [3.8, 4) is 0 Å². The number of carboxylic acids is 1. The number of aliphatic hydroxyl groups is 3. The summed E-state index contributed by atoms with van der Waals surface area (Å²) in [4.78, 5) is 24.6. The van der Waals surface area contributed by atoms with Crippen LogP contribution in [-0.4, -0.2) is 68.7 Å². The predicted octanol–water partition coefficient (Wildman–Crippen LogP) is -1.67. The Morgan fingerprint density at radius 2 is 2.00 bits per heavy atom. The van der Waals surface area contributed by atoms with E-state index in [1.807, 2.05) is 6.07 Å². The van der Waals surface area contributed by atoms with Crippen molar-refractivity contribution in [2.24, 2.45) is 0 Å². The second-order valence-electron chi connectivity index (χ2n) is 6.40. The molecule has 1 aromatic heterocycles. The van der Waals surface area contributed by atoms with Gasteiger partial charge in [0.05, 0.1) is 6.04 Å². The third-order valence-corrected chi connectivity index (χ3v) is 4.85. The van der Waals surface area contributed by atoms with Gasteiger partial charge in [0, 0.05) is 25.1 Å². The lowest BCUT2D eigenvalue weighted by molar-refractivity contribution is -0.777. The molecule has 0 spiro atoms. The number of hydrogen-bond donors (Lipinski definition) is 4. The predicted molar refractivity (Wildman–Crippen MR) is 80.9 cm³/mol. The van der Waals surface area contributed by atoms with E-state index < -0.39 is 36.6 Å². The molecule has 4 N–H and O–H groups in total. The normalized spacial score (nSPS) is 35.8. The van der Waals surface area contributed by atoms with Gasteiger partial charge in [-0.15, -0.1) is 0 Å². The van der Waals surface area contributed by atoms with E-state index in [2.05, 4.69) is 0 Å². The Morgan fingerprint density at radius 3 is 2.60 bits per heavy atom. The Balaban J connectivity index is 1.89. The maximum atomic E-state index is 11.7. The van der Waals surface area contributed by atoms with Crippen molar-refractivity contribution >= 4 is 11.9 Å². The first-order valence-electron chi connectivity index (χ1n) is 8.00. The lowest BCUT2D eigenvalue weighted by atomic mass is 9.97. The molecule has 1 aromatic rings. The number of hydrogen-bond acceptors (Lipinski definition) is 6. The molecule has 9 heteroatoms. The van der Waals surface area contributed by atoms with Crippen LogP contribution in [0.1, 0.15) is 30.7 Å². The van der Waals surface area contributed by atoms with Crippen molar-refractivity contribution < 1.29 is 39.3 Å². The summed E-state index contributed by atoms with van der Waals surface area (Å²) in [5, 5.41) is 39.0. The third-order valence-electron chi connectivity index (χ3n) is 4.85. The number of ether oxygens (including phenoxy) is 1. The van der Waals surface area contributed by atoms with Gasteiger partial charge in [-0.25, -0.2) is 4.79 Å². The molecule has 0 bridgehead atoms.